The van der Waals surface area contributed by atoms with Gasteiger partial charge in [-0.2, -0.15) is 0 Å². The van der Waals surface area contributed by atoms with Crippen LogP contribution >= 0.6 is 0 Å². The van der Waals surface area contributed by atoms with E-state index in [1.807, 2.05) is 228 Å². The zero-order valence-corrected chi connectivity index (χ0v) is 71.0. The topological polar surface area (TPSA) is 19.4 Å². The second kappa shape index (κ2) is 34.5. The average Bonchev–Trinajstić information content (AvgIpc) is 0.727. The van der Waals surface area contributed by atoms with Gasteiger partial charge in [0.1, 0.15) is 34.9 Å². The van der Waals surface area contributed by atoms with E-state index < -0.39 is 0 Å². The molecule has 0 aliphatic rings. The van der Waals surface area contributed by atoms with Crippen LogP contribution in [0.2, 0.25) is 0 Å². The van der Waals surface area contributed by atoms with Crippen LogP contribution in [0.4, 0.5) is 129 Å². The Kier molecular flexibility index (Phi) is 21.1. The number of nitrogens with zero attached hydrogens (tertiary/aromatic N) is 6. The Hall–Kier alpha value is -17.2. The number of para-hydroxylation sites is 8. The van der Waals surface area contributed by atoms with Gasteiger partial charge in [0.05, 0.1) is 45.5 Å². The summed E-state index contributed by atoms with van der Waals surface area (Å²) in [5.41, 5.74) is 15.5. The molecule has 132 heavy (non-hydrogen) atoms. The lowest BCUT2D eigenvalue weighted by Gasteiger charge is -2.29. The van der Waals surface area contributed by atoms with Crippen LogP contribution in [0.15, 0.2) is 473 Å². The summed E-state index contributed by atoms with van der Waals surface area (Å²) in [6, 6.07) is 152. The van der Waals surface area contributed by atoms with Gasteiger partial charge in [0.25, 0.3) is 0 Å². The van der Waals surface area contributed by atoms with Gasteiger partial charge in [-0.1, -0.05) is 255 Å². The number of hydrogen-bond donors (Lipinski definition) is 0. The highest BCUT2D eigenvalue weighted by molar-refractivity contribution is 6.31. The van der Waals surface area contributed by atoms with Crippen molar-refractivity contribution in [2.24, 2.45) is 0 Å². The summed E-state index contributed by atoms with van der Waals surface area (Å²) in [5.74, 6) is -1.71. The van der Waals surface area contributed by atoms with E-state index in [1.54, 1.807) is 36.4 Å². The van der Waals surface area contributed by atoms with Crippen molar-refractivity contribution in [2.45, 2.75) is 0 Å². The molecule has 630 valence electrons. The van der Waals surface area contributed by atoms with Crippen LogP contribution < -0.4 is 29.4 Å². The number of anilines is 18. The Morgan fingerprint density at radius 3 is 0.545 bits per heavy atom. The van der Waals surface area contributed by atoms with Crippen LogP contribution in [0.25, 0.3) is 97.0 Å². The van der Waals surface area contributed by atoms with Crippen molar-refractivity contribution in [3.8, 4) is 0 Å². The van der Waals surface area contributed by atoms with Crippen LogP contribution in [0.3, 0.4) is 0 Å². The number of rotatable bonds is 18. The first-order chi connectivity index (χ1) is 65.0. The molecular weight excluding hydrogens is 1640 g/mol. The molecule has 0 N–H and O–H groups in total. The zero-order chi connectivity index (χ0) is 88.9. The predicted octanol–water partition coefficient (Wildman–Crippen LogP) is 35.4. The van der Waals surface area contributed by atoms with Gasteiger partial charge in [-0.25, -0.2) is 26.3 Å². The maximum Gasteiger partial charge on any atom is 0.147 e. The molecule has 0 bridgehead atoms. The van der Waals surface area contributed by atoms with Crippen molar-refractivity contribution in [3.63, 3.8) is 0 Å². The van der Waals surface area contributed by atoms with Gasteiger partial charge >= 0.3 is 0 Å². The largest absolute Gasteiger partial charge is 0.310 e. The second-order valence-electron chi connectivity index (χ2n) is 32.6. The molecule has 0 aliphatic heterocycles. The number of benzene rings is 24. The van der Waals surface area contributed by atoms with Gasteiger partial charge in [0, 0.05) is 89.2 Å². The molecule has 24 rings (SSSR count). The summed E-state index contributed by atoms with van der Waals surface area (Å²) in [7, 11) is 0. The third-order valence-electron chi connectivity index (χ3n) is 24.9. The minimum absolute atomic E-state index is 0.270. The van der Waals surface area contributed by atoms with Crippen molar-refractivity contribution in [1.82, 2.24) is 0 Å². The Balaban J connectivity index is 0.000000116. The second-order valence-corrected chi connectivity index (χ2v) is 32.6. The van der Waals surface area contributed by atoms with Crippen molar-refractivity contribution < 1.29 is 26.3 Å². The molecule has 0 amide bonds. The third-order valence-corrected chi connectivity index (χ3v) is 24.9. The van der Waals surface area contributed by atoms with Crippen LogP contribution in [0, 0.1) is 34.9 Å². The van der Waals surface area contributed by atoms with Gasteiger partial charge in [-0.15, -0.1) is 0 Å². The molecule has 24 aromatic rings. The first-order valence-electron chi connectivity index (χ1n) is 43.7. The van der Waals surface area contributed by atoms with E-state index in [4.69, 9.17) is 0 Å². The molecule has 0 fully saturated rings. The summed E-state index contributed by atoms with van der Waals surface area (Å²) in [4.78, 5) is 12.6. The number of halogens is 6. The Bertz CT molecular complexity index is 7820. The SMILES string of the molecule is Fc1ccc(N(c2ccccc2)c2ccc3ccc4c(N(c5ccccc5)c5ccc(F)cc5)ccc5ccc2c3c54)cc1.Fc1cccc(N(c2ccccc2)c2ccc3ccc4c(N(c5ccccc5)c5cccc(F)c5)ccc5ccc2c3c54)c1.Fc1ccccc1N(c1ccccc1)c1ccc2ccc3c(N(c4ccccc4)c4ccccc4F)ccc4ccc1c2c43. The molecule has 0 aliphatic carbocycles. The molecule has 0 spiro atoms. The molecule has 0 aromatic heterocycles. The van der Waals surface area contributed by atoms with Gasteiger partial charge < -0.3 is 29.4 Å². The maximum atomic E-state index is 15.4. The average molecular weight is 1720 g/mol. The summed E-state index contributed by atoms with van der Waals surface area (Å²) < 4.78 is 88.0. The molecule has 0 atom stereocenters. The van der Waals surface area contributed by atoms with Gasteiger partial charge in [-0.05, 0) is 283 Å². The molecule has 0 heterocycles. The molecule has 0 saturated carbocycles. The van der Waals surface area contributed by atoms with E-state index in [1.165, 1.54) is 48.5 Å². The predicted molar refractivity (Wildman–Crippen MR) is 538 cm³/mol. The van der Waals surface area contributed by atoms with Crippen LogP contribution in [-0.4, -0.2) is 0 Å². The highest BCUT2D eigenvalue weighted by Crippen LogP contribution is 2.53. The summed E-state index contributed by atoms with van der Waals surface area (Å²) in [6.07, 6.45) is 0. The monoisotopic (exact) mass is 1720 g/mol. The molecular formula is C120H78F6N6. The van der Waals surface area contributed by atoms with E-state index in [2.05, 4.69) is 189 Å². The normalized spacial score (nSPS) is 11.4. The lowest BCUT2D eigenvalue weighted by Crippen LogP contribution is -2.13. The van der Waals surface area contributed by atoms with Crippen molar-refractivity contribution in [3.05, 3.63) is 508 Å². The van der Waals surface area contributed by atoms with Crippen molar-refractivity contribution >= 4 is 199 Å². The van der Waals surface area contributed by atoms with Gasteiger partial charge in [0.15, 0.2) is 0 Å². The van der Waals surface area contributed by atoms with E-state index in [0.717, 1.165) is 188 Å². The van der Waals surface area contributed by atoms with E-state index in [0.29, 0.717) is 11.4 Å². The molecule has 0 unspecified atom stereocenters. The fourth-order valence-electron chi connectivity index (χ4n) is 19.1. The van der Waals surface area contributed by atoms with Crippen LogP contribution in [0.5, 0.6) is 0 Å². The van der Waals surface area contributed by atoms with E-state index in [-0.39, 0.29) is 34.9 Å². The lowest BCUT2D eigenvalue weighted by atomic mass is 9.91. The maximum absolute atomic E-state index is 15.4. The first kappa shape index (κ1) is 80.6. The van der Waals surface area contributed by atoms with E-state index >= 15 is 8.78 Å². The highest BCUT2D eigenvalue weighted by Gasteiger charge is 2.29. The molecule has 0 saturated heterocycles. The number of hydrogen-bond acceptors (Lipinski definition) is 6. The smallest absolute Gasteiger partial charge is 0.147 e. The highest BCUT2D eigenvalue weighted by atomic mass is 19.1. The minimum Gasteiger partial charge on any atom is -0.310 e. The Labute approximate surface area is 758 Å². The molecule has 6 nitrogen and oxygen atoms in total. The fourth-order valence-corrected chi connectivity index (χ4v) is 19.1. The standard InChI is InChI=1S/3C40H26F2N2/c41-29-9-7-15-33(25-29)43(31-11-3-1-4-12-31)37-23-19-27-18-22-36-38(24-20-28-17-21-35(37)39(27)40(28)36)44(32-13-5-2-6-14-32)34-16-8-10-30(42)26-34;41-33-15-7-9-17-37(33)43(29-11-3-1-4-12-29)35-25-21-27-20-24-32-36(26-22-28-19-23-31(35)39(27)40(28)32)44(30-13-5-2-6-14-30)38-18-10-8-16-34(38)42;41-29-15-19-33(20-16-29)43(31-7-3-1-4-8-31)37-25-13-27-12-24-36-38(26-14-28-11-23-35(37)39(27)40(28)36)44(32-9-5-2-6-10-32)34-21-17-30(42)18-22-34/h3*1-26H. The summed E-state index contributed by atoms with van der Waals surface area (Å²) in [6.45, 7) is 0. The lowest BCUT2D eigenvalue weighted by molar-refractivity contribution is 0.627. The van der Waals surface area contributed by atoms with E-state index in [9.17, 15) is 17.6 Å². The first-order valence-corrected chi connectivity index (χ1v) is 43.7. The zero-order valence-electron chi connectivity index (χ0n) is 71.0. The Morgan fingerprint density at radius 1 is 0.121 bits per heavy atom. The van der Waals surface area contributed by atoms with Crippen molar-refractivity contribution in [1.29, 1.82) is 0 Å². The van der Waals surface area contributed by atoms with Gasteiger partial charge in [-0.3, -0.25) is 0 Å². The Morgan fingerprint density at radius 2 is 0.311 bits per heavy atom. The third kappa shape index (κ3) is 14.8. The quantitative estimate of drug-likeness (QED) is 0.0625. The summed E-state index contributed by atoms with van der Waals surface area (Å²) in [5, 5.41) is 19.7. The van der Waals surface area contributed by atoms with Gasteiger partial charge in [0.2, 0.25) is 0 Å². The summed E-state index contributed by atoms with van der Waals surface area (Å²) >= 11 is 0. The van der Waals surface area contributed by atoms with Crippen LogP contribution in [-0.2, 0) is 0 Å². The minimum atomic E-state index is -0.298. The molecule has 0 radical (unpaired) electrons. The van der Waals surface area contributed by atoms with Crippen LogP contribution in [0.1, 0.15) is 0 Å². The fraction of sp³-hybridized carbons (Fsp3) is 0. The molecule has 24 aromatic carbocycles. The molecule has 12 heteroatoms. The van der Waals surface area contributed by atoms with Crippen molar-refractivity contribution in [2.75, 3.05) is 29.4 Å².